The normalized spacial score (nSPS) is 14.1. The number of nitrogens with two attached hydrogens (primary N) is 1. The second-order valence-electron chi connectivity index (χ2n) is 5.91. The summed E-state index contributed by atoms with van der Waals surface area (Å²) in [6.07, 6.45) is 4.28. The number of ether oxygens (including phenoxy) is 2. The molecule has 0 radical (unpaired) electrons. The molecule has 0 spiro atoms. The third-order valence-electron chi connectivity index (χ3n) is 4.38. The summed E-state index contributed by atoms with van der Waals surface area (Å²) in [5, 5.41) is 0. The van der Waals surface area contributed by atoms with Crippen LogP contribution in [0.1, 0.15) is 36.1 Å². The molecule has 0 aliphatic carbocycles. The van der Waals surface area contributed by atoms with Crippen molar-refractivity contribution in [2.45, 2.75) is 33.6 Å². The highest BCUT2D eigenvalue weighted by atomic mass is 16.6. The number of carbonyl (C=O) groups is 2. The lowest BCUT2D eigenvalue weighted by Gasteiger charge is -2.19. The van der Waals surface area contributed by atoms with Crippen molar-refractivity contribution >= 4 is 23.8 Å². The molecule has 0 aromatic heterocycles. The number of benzene rings is 1. The molecule has 0 saturated carbocycles. The number of fused-ring (bicyclic) bond motifs is 1. The minimum Gasteiger partial charge on any atom is -0.463 e. The van der Waals surface area contributed by atoms with Crippen LogP contribution in [0.15, 0.2) is 12.1 Å². The van der Waals surface area contributed by atoms with Crippen molar-refractivity contribution in [3.63, 3.8) is 0 Å². The Balaban J connectivity index is 2.24. The van der Waals surface area contributed by atoms with Gasteiger partial charge in [0, 0.05) is 24.9 Å². The first-order valence-corrected chi connectivity index (χ1v) is 8.65. The summed E-state index contributed by atoms with van der Waals surface area (Å²) in [6, 6.07) is 2.00. The topological polar surface area (TPSA) is 81.9 Å². The van der Waals surface area contributed by atoms with Gasteiger partial charge in [-0.3, -0.25) is 0 Å². The van der Waals surface area contributed by atoms with Gasteiger partial charge in [0.25, 0.3) is 0 Å². The van der Waals surface area contributed by atoms with Gasteiger partial charge >= 0.3 is 12.1 Å². The number of carbonyl (C=O) groups excluding carboxylic acids is 2. The van der Waals surface area contributed by atoms with Crippen LogP contribution < -0.4 is 5.73 Å². The van der Waals surface area contributed by atoms with E-state index in [0.29, 0.717) is 32.0 Å². The molecule has 2 rings (SSSR count). The Labute approximate surface area is 148 Å². The van der Waals surface area contributed by atoms with E-state index in [-0.39, 0.29) is 12.1 Å². The Hall–Kier alpha value is -2.50. The third kappa shape index (κ3) is 4.53. The molecule has 0 saturated heterocycles. The summed E-state index contributed by atoms with van der Waals surface area (Å²) < 4.78 is 10.0. The molecule has 0 fully saturated rings. The number of hydrogen-bond donors (Lipinski definition) is 1. The van der Waals surface area contributed by atoms with Crippen molar-refractivity contribution in [2.24, 2.45) is 0 Å². The molecule has 1 aliphatic rings. The van der Waals surface area contributed by atoms with E-state index in [9.17, 15) is 9.59 Å². The summed E-state index contributed by atoms with van der Waals surface area (Å²) in [7, 11) is 0. The van der Waals surface area contributed by atoms with E-state index in [1.807, 2.05) is 13.0 Å². The molecule has 6 nitrogen and oxygen atoms in total. The molecule has 1 amide bonds. The van der Waals surface area contributed by atoms with Crippen molar-refractivity contribution in [1.29, 1.82) is 0 Å². The Morgan fingerprint density at radius 1 is 1.20 bits per heavy atom. The van der Waals surface area contributed by atoms with Crippen molar-refractivity contribution < 1.29 is 19.1 Å². The van der Waals surface area contributed by atoms with Crippen LogP contribution in [0.2, 0.25) is 0 Å². The molecule has 25 heavy (non-hydrogen) atoms. The van der Waals surface area contributed by atoms with Crippen molar-refractivity contribution in [1.82, 2.24) is 4.90 Å². The fourth-order valence-electron chi connectivity index (χ4n) is 3.04. The average molecular weight is 346 g/mol. The highest BCUT2D eigenvalue weighted by Crippen LogP contribution is 2.29. The molecule has 1 aliphatic heterocycles. The predicted octanol–water partition coefficient (Wildman–Crippen LogP) is 2.71. The molecular weight excluding hydrogens is 320 g/mol. The van der Waals surface area contributed by atoms with E-state index in [4.69, 9.17) is 15.2 Å². The molecule has 0 unspecified atom stereocenters. The zero-order chi connectivity index (χ0) is 18.4. The molecule has 0 bridgehead atoms. The zero-order valence-corrected chi connectivity index (χ0v) is 15.1. The smallest absolute Gasteiger partial charge is 0.409 e. The summed E-state index contributed by atoms with van der Waals surface area (Å²) in [4.78, 5) is 25.2. The van der Waals surface area contributed by atoms with Crippen LogP contribution in [0.4, 0.5) is 10.5 Å². The molecule has 1 heterocycles. The van der Waals surface area contributed by atoms with Crippen molar-refractivity contribution in [3.8, 4) is 0 Å². The summed E-state index contributed by atoms with van der Waals surface area (Å²) in [5.74, 6) is -0.386. The van der Waals surface area contributed by atoms with E-state index in [1.165, 1.54) is 11.6 Å². The lowest BCUT2D eigenvalue weighted by Crippen LogP contribution is -2.33. The summed E-state index contributed by atoms with van der Waals surface area (Å²) in [5.41, 5.74) is 11.0. The van der Waals surface area contributed by atoms with Crippen LogP contribution in [-0.2, 0) is 27.1 Å². The maximum Gasteiger partial charge on any atom is 0.409 e. The van der Waals surface area contributed by atoms with Gasteiger partial charge in [0.2, 0.25) is 0 Å². The average Bonchev–Trinajstić information content (AvgIpc) is 2.80. The maximum absolute atomic E-state index is 12.0. The minimum atomic E-state index is -0.386. The first-order chi connectivity index (χ1) is 12.0. The van der Waals surface area contributed by atoms with Crippen molar-refractivity contribution in [2.75, 3.05) is 32.0 Å². The molecule has 136 valence electrons. The minimum absolute atomic E-state index is 0.275. The van der Waals surface area contributed by atoms with Crippen LogP contribution in [-0.4, -0.2) is 43.3 Å². The first kappa shape index (κ1) is 18.8. The van der Waals surface area contributed by atoms with Gasteiger partial charge in [-0.05, 0) is 68.0 Å². The van der Waals surface area contributed by atoms with E-state index >= 15 is 0 Å². The van der Waals surface area contributed by atoms with E-state index < -0.39 is 0 Å². The number of anilines is 1. The molecule has 2 N–H and O–H groups in total. The van der Waals surface area contributed by atoms with Gasteiger partial charge in [0.05, 0.1) is 13.2 Å². The van der Waals surface area contributed by atoms with Gasteiger partial charge in [-0.25, -0.2) is 9.59 Å². The van der Waals surface area contributed by atoms with E-state index in [1.54, 1.807) is 24.8 Å². The SMILES string of the molecule is CCOC(=O)/C=C/c1cc2c(c(C)c1N)CCN(C(=O)OCC)CC2. The quantitative estimate of drug-likeness (QED) is 0.515. The second kappa shape index (κ2) is 8.55. The highest BCUT2D eigenvalue weighted by Gasteiger charge is 2.21. The Kier molecular flexibility index (Phi) is 6.44. The Bertz CT molecular complexity index is 682. The standard InChI is InChI=1S/C19H26N2O4/c1-4-24-17(22)7-6-15-12-14-8-10-21(19(23)25-5-2)11-9-16(14)13(3)18(15)20/h6-7,12H,4-5,8-11,20H2,1-3H3/b7-6+. The molecule has 0 atom stereocenters. The fraction of sp³-hybridized carbons (Fsp3) is 0.474. The molecule has 1 aromatic rings. The van der Waals surface area contributed by atoms with Crippen LogP contribution in [0.25, 0.3) is 6.08 Å². The second-order valence-corrected chi connectivity index (χ2v) is 5.91. The number of amides is 1. The van der Waals surface area contributed by atoms with Crippen LogP contribution in [0.3, 0.4) is 0 Å². The maximum atomic E-state index is 12.0. The van der Waals surface area contributed by atoms with Gasteiger partial charge < -0.3 is 20.1 Å². The highest BCUT2D eigenvalue weighted by molar-refractivity contribution is 5.88. The molecular formula is C19H26N2O4. The van der Waals surface area contributed by atoms with Crippen LogP contribution in [0.5, 0.6) is 0 Å². The summed E-state index contributed by atoms with van der Waals surface area (Å²) >= 11 is 0. The number of hydrogen-bond acceptors (Lipinski definition) is 5. The predicted molar refractivity (Wildman–Crippen MR) is 97.3 cm³/mol. The monoisotopic (exact) mass is 346 g/mol. The lowest BCUT2D eigenvalue weighted by molar-refractivity contribution is -0.137. The van der Waals surface area contributed by atoms with Crippen molar-refractivity contribution in [3.05, 3.63) is 34.4 Å². The lowest BCUT2D eigenvalue weighted by atomic mass is 9.93. The van der Waals surface area contributed by atoms with Crippen LogP contribution >= 0.6 is 0 Å². The Morgan fingerprint density at radius 3 is 2.56 bits per heavy atom. The van der Waals surface area contributed by atoms with Gasteiger partial charge in [0.15, 0.2) is 0 Å². The van der Waals surface area contributed by atoms with Gasteiger partial charge in [-0.1, -0.05) is 0 Å². The number of nitrogens with zero attached hydrogens (tertiary/aromatic N) is 1. The van der Waals surface area contributed by atoms with E-state index in [0.717, 1.165) is 29.5 Å². The van der Waals surface area contributed by atoms with Gasteiger partial charge in [-0.15, -0.1) is 0 Å². The van der Waals surface area contributed by atoms with Crippen LogP contribution in [0, 0.1) is 6.92 Å². The summed E-state index contributed by atoms with van der Waals surface area (Å²) in [6.45, 7) is 7.48. The van der Waals surface area contributed by atoms with Gasteiger partial charge in [0.1, 0.15) is 0 Å². The first-order valence-electron chi connectivity index (χ1n) is 8.65. The number of nitrogen functional groups attached to an aromatic ring is 1. The number of esters is 1. The Morgan fingerprint density at radius 2 is 1.88 bits per heavy atom. The van der Waals surface area contributed by atoms with Gasteiger partial charge in [-0.2, -0.15) is 0 Å². The largest absolute Gasteiger partial charge is 0.463 e. The zero-order valence-electron chi connectivity index (χ0n) is 15.1. The molecule has 6 heteroatoms. The van der Waals surface area contributed by atoms with E-state index in [2.05, 4.69) is 0 Å². The fourth-order valence-corrected chi connectivity index (χ4v) is 3.04. The number of rotatable bonds is 4. The third-order valence-corrected chi connectivity index (χ3v) is 4.38. The molecule has 1 aromatic carbocycles.